The van der Waals surface area contributed by atoms with Gasteiger partial charge in [0.15, 0.2) is 0 Å². The number of carboxylic acid groups (broad SMARTS) is 1. The van der Waals surface area contributed by atoms with Crippen LogP contribution in [0.25, 0.3) is 0 Å². The summed E-state index contributed by atoms with van der Waals surface area (Å²) in [6.45, 7) is 13.8. The minimum absolute atomic E-state index is 0.00824. The number of aliphatic carboxylic acids is 1. The van der Waals surface area contributed by atoms with E-state index in [1.165, 1.54) is 32.4 Å². The Balaban J connectivity index is 1.83. The Labute approximate surface area is 326 Å². The van der Waals surface area contributed by atoms with Crippen molar-refractivity contribution in [1.82, 2.24) is 25.8 Å². The van der Waals surface area contributed by atoms with Gasteiger partial charge in [0.25, 0.3) is 0 Å². The number of carbonyl (C=O) groups is 5. The van der Waals surface area contributed by atoms with E-state index in [1.807, 2.05) is 41.5 Å². The second-order valence-electron chi connectivity index (χ2n) is 16.5. The van der Waals surface area contributed by atoms with Gasteiger partial charge in [-0.05, 0) is 61.1 Å². The van der Waals surface area contributed by atoms with Crippen LogP contribution in [0.2, 0.25) is 0 Å². The molecule has 2 fully saturated rings. The van der Waals surface area contributed by atoms with E-state index in [9.17, 15) is 33.5 Å². The first-order valence-electron chi connectivity index (χ1n) is 19.7. The van der Waals surface area contributed by atoms with E-state index in [1.54, 1.807) is 36.9 Å². The Morgan fingerprint density at radius 2 is 1.58 bits per heavy atom. The fraction of sp³-hybridized carbons (Fsp3) is 0.732. The van der Waals surface area contributed by atoms with Crippen LogP contribution in [-0.2, 0) is 39.9 Å². The highest BCUT2D eigenvalue weighted by Gasteiger charge is 2.56. The van der Waals surface area contributed by atoms with Crippen molar-refractivity contribution in [3.05, 3.63) is 35.6 Å². The van der Waals surface area contributed by atoms with Gasteiger partial charge < -0.3 is 40.3 Å². The third-order valence-corrected chi connectivity index (χ3v) is 12.0. The standard InChI is InChI=1S/C41H66FN5O8/c1-12-25(6)35(46(9)39(51)34(24(4)5)45-38(50)33(43-8)23(2)3)31(54-10)20-32(48)47-22-41(17-18-41)21-30(47)36(55-11)26(7)37(49)44-29(40(52)53)19-27-15-13-14-16-28(27)42/h13-16,23-26,29-31,33-36,43H,12,17-22H2,1-11H3,(H,44,49)(H,45,50)(H,52,53)/t25?,26?,29?,30-,31?,33?,34?,35?,36?/m0/s1. The number of carbonyl (C=O) groups excluding carboxylic acids is 4. The van der Waals surface area contributed by atoms with Crippen molar-refractivity contribution in [2.75, 3.05) is 34.9 Å². The fourth-order valence-electron chi connectivity index (χ4n) is 8.20. The summed E-state index contributed by atoms with van der Waals surface area (Å²) >= 11 is 0. The van der Waals surface area contributed by atoms with Crippen molar-refractivity contribution in [3.8, 4) is 0 Å². The molecule has 1 aromatic carbocycles. The van der Waals surface area contributed by atoms with Crippen LogP contribution >= 0.6 is 0 Å². The van der Waals surface area contributed by atoms with Crippen LogP contribution < -0.4 is 16.0 Å². The van der Waals surface area contributed by atoms with Crippen molar-refractivity contribution < 1.29 is 42.9 Å². The highest BCUT2D eigenvalue weighted by atomic mass is 19.1. The number of likely N-dealkylation sites (tertiary alicyclic amines) is 1. The summed E-state index contributed by atoms with van der Waals surface area (Å²) < 4.78 is 26.3. The Hall–Kier alpha value is -3.62. The predicted octanol–water partition coefficient (Wildman–Crippen LogP) is 3.63. The second-order valence-corrected chi connectivity index (χ2v) is 16.5. The summed E-state index contributed by atoms with van der Waals surface area (Å²) in [6.07, 6.45) is 1.47. The molecule has 2 aliphatic rings. The van der Waals surface area contributed by atoms with Crippen molar-refractivity contribution in [2.24, 2.45) is 29.1 Å². The van der Waals surface area contributed by atoms with Crippen LogP contribution in [0.5, 0.6) is 0 Å². The molecule has 1 aliphatic carbocycles. The topological polar surface area (TPSA) is 167 Å². The summed E-state index contributed by atoms with van der Waals surface area (Å²) in [5.74, 6) is -4.28. The van der Waals surface area contributed by atoms with Gasteiger partial charge in [-0.1, -0.05) is 73.1 Å². The summed E-state index contributed by atoms with van der Waals surface area (Å²) in [7, 11) is 6.42. The van der Waals surface area contributed by atoms with Crippen LogP contribution in [0.4, 0.5) is 4.39 Å². The largest absolute Gasteiger partial charge is 0.480 e. The first kappa shape index (κ1) is 45.8. The van der Waals surface area contributed by atoms with E-state index >= 15 is 0 Å². The molecule has 4 N–H and O–H groups in total. The maximum absolute atomic E-state index is 14.4. The zero-order valence-corrected chi connectivity index (χ0v) is 34.7. The number of hydrogen-bond acceptors (Lipinski definition) is 8. The molecular weight excluding hydrogens is 709 g/mol. The van der Waals surface area contributed by atoms with Crippen molar-refractivity contribution in [3.63, 3.8) is 0 Å². The Morgan fingerprint density at radius 1 is 0.964 bits per heavy atom. The normalized spacial score (nSPS) is 20.6. The number of methoxy groups -OCH3 is 2. The van der Waals surface area contributed by atoms with Crippen LogP contribution in [0, 0.1) is 34.9 Å². The highest BCUT2D eigenvalue weighted by molar-refractivity contribution is 5.90. The van der Waals surface area contributed by atoms with Gasteiger partial charge in [-0.15, -0.1) is 0 Å². The number of rotatable bonds is 21. The number of likely N-dealkylation sites (N-methyl/N-ethyl adjacent to an activating group) is 2. The highest BCUT2D eigenvalue weighted by Crippen LogP contribution is 2.56. The molecule has 1 aromatic rings. The molecule has 4 amide bonds. The zero-order chi connectivity index (χ0) is 41.4. The lowest BCUT2D eigenvalue weighted by Gasteiger charge is -2.41. The summed E-state index contributed by atoms with van der Waals surface area (Å²) in [6, 6.07) is 2.21. The second kappa shape index (κ2) is 20.0. The molecule has 14 heteroatoms. The third kappa shape index (κ3) is 11.3. The SMILES string of the molecule is CCC(C)C(C(CC(=O)N1CC2(CC2)C[C@H]1C(OC)C(C)C(=O)NC(Cc1ccccc1F)C(=O)O)OC)N(C)C(=O)C(NC(=O)C(NC)C(C)C)C(C)C. The molecule has 1 heterocycles. The van der Waals surface area contributed by atoms with Gasteiger partial charge in [0.1, 0.15) is 17.9 Å². The minimum atomic E-state index is -1.37. The van der Waals surface area contributed by atoms with Gasteiger partial charge in [-0.3, -0.25) is 19.2 Å². The monoisotopic (exact) mass is 775 g/mol. The average molecular weight is 776 g/mol. The van der Waals surface area contributed by atoms with Gasteiger partial charge in [0.2, 0.25) is 23.6 Å². The summed E-state index contributed by atoms with van der Waals surface area (Å²) in [5.41, 5.74) is 0.0833. The van der Waals surface area contributed by atoms with Gasteiger partial charge in [-0.2, -0.15) is 0 Å². The van der Waals surface area contributed by atoms with E-state index in [2.05, 4.69) is 16.0 Å². The summed E-state index contributed by atoms with van der Waals surface area (Å²) in [5, 5.41) is 18.5. The molecule has 310 valence electrons. The Morgan fingerprint density at radius 3 is 2.07 bits per heavy atom. The molecule has 0 bridgehead atoms. The number of benzene rings is 1. The molecule has 3 rings (SSSR count). The Kier molecular flexibility index (Phi) is 16.6. The first-order chi connectivity index (χ1) is 25.9. The van der Waals surface area contributed by atoms with Gasteiger partial charge in [-0.25, -0.2) is 9.18 Å². The minimum Gasteiger partial charge on any atom is -0.480 e. The van der Waals surface area contributed by atoms with Gasteiger partial charge >= 0.3 is 5.97 Å². The number of nitrogens with one attached hydrogen (secondary N) is 3. The molecular formula is C41H66FN5O8. The quantitative estimate of drug-likeness (QED) is 0.146. The van der Waals surface area contributed by atoms with Crippen LogP contribution in [0.1, 0.15) is 86.1 Å². The number of nitrogens with zero attached hydrogens (tertiary/aromatic N) is 2. The van der Waals surface area contributed by atoms with E-state index in [4.69, 9.17) is 9.47 Å². The molecule has 1 saturated heterocycles. The van der Waals surface area contributed by atoms with E-state index in [0.717, 1.165) is 12.8 Å². The van der Waals surface area contributed by atoms with E-state index in [0.29, 0.717) is 19.4 Å². The number of carboxylic acids is 1. The maximum Gasteiger partial charge on any atom is 0.326 e. The lowest BCUT2D eigenvalue weighted by molar-refractivity contribution is -0.148. The molecule has 0 aromatic heterocycles. The zero-order valence-electron chi connectivity index (χ0n) is 34.7. The van der Waals surface area contributed by atoms with Crippen molar-refractivity contribution in [2.45, 2.75) is 129 Å². The van der Waals surface area contributed by atoms with Crippen molar-refractivity contribution >= 4 is 29.6 Å². The molecule has 1 aliphatic heterocycles. The maximum atomic E-state index is 14.4. The molecule has 8 unspecified atom stereocenters. The van der Waals surface area contributed by atoms with Crippen LogP contribution in [-0.4, -0.2) is 122 Å². The average Bonchev–Trinajstić information content (AvgIpc) is 3.79. The van der Waals surface area contributed by atoms with E-state index < -0.39 is 66.0 Å². The molecule has 13 nitrogen and oxygen atoms in total. The van der Waals surface area contributed by atoms with Crippen LogP contribution in [0.15, 0.2) is 24.3 Å². The van der Waals surface area contributed by atoms with Crippen molar-refractivity contribution in [1.29, 1.82) is 0 Å². The molecule has 0 radical (unpaired) electrons. The van der Waals surface area contributed by atoms with Gasteiger partial charge in [0, 0.05) is 34.2 Å². The predicted molar refractivity (Wildman–Crippen MR) is 207 cm³/mol. The lowest BCUT2D eigenvalue weighted by atomic mass is 9.89. The first-order valence-corrected chi connectivity index (χ1v) is 19.7. The van der Waals surface area contributed by atoms with Gasteiger partial charge in [0.05, 0.1) is 42.7 Å². The molecule has 9 atom stereocenters. The Bertz CT molecular complexity index is 1490. The number of hydrogen-bond donors (Lipinski definition) is 4. The number of halogens is 1. The molecule has 55 heavy (non-hydrogen) atoms. The van der Waals surface area contributed by atoms with E-state index in [-0.39, 0.29) is 59.3 Å². The summed E-state index contributed by atoms with van der Waals surface area (Å²) in [4.78, 5) is 71.0. The van der Waals surface area contributed by atoms with Crippen LogP contribution in [0.3, 0.4) is 0 Å². The number of ether oxygens (including phenoxy) is 2. The number of amides is 4. The molecule has 1 spiro atoms. The smallest absolute Gasteiger partial charge is 0.326 e. The third-order valence-electron chi connectivity index (χ3n) is 12.0. The molecule has 1 saturated carbocycles. The lowest BCUT2D eigenvalue weighted by Crippen LogP contribution is -2.59. The fourth-order valence-corrected chi connectivity index (χ4v) is 8.20.